The van der Waals surface area contributed by atoms with Crippen molar-refractivity contribution in [2.45, 2.75) is 18.2 Å². The van der Waals surface area contributed by atoms with Crippen LogP contribution in [0.1, 0.15) is 23.4 Å². The van der Waals surface area contributed by atoms with E-state index in [1.54, 1.807) is 0 Å². The van der Waals surface area contributed by atoms with E-state index in [0.29, 0.717) is 18.8 Å². The average molecular weight is 516 g/mol. The van der Waals surface area contributed by atoms with E-state index in [0.717, 1.165) is 16.0 Å². The van der Waals surface area contributed by atoms with Crippen LogP contribution in [0.5, 0.6) is 0 Å². The van der Waals surface area contributed by atoms with E-state index in [9.17, 15) is 18.0 Å². The predicted molar refractivity (Wildman–Crippen MR) is 119 cm³/mol. The van der Waals surface area contributed by atoms with Crippen LogP contribution >= 0.6 is 23.2 Å². The van der Waals surface area contributed by atoms with E-state index < -0.39 is 24.7 Å². The van der Waals surface area contributed by atoms with Crippen molar-refractivity contribution >= 4 is 46.3 Å². The Labute approximate surface area is 201 Å². The summed E-state index contributed by atoms with van der Waals surface area (Å²) in [5, 5.41) is 6.76. The topological polar surface area (TPSA) is 87.9 Å². The van der Waals surface area contributed by atoms with Gasteiger partial charge >= 0.3 is 12.2 Å². The van der Waals surface area contributed by atoms with Gasteiger partial charge in [-0.25, -0.2) is 14.3 Å². The lowest BCUT2D eigenvalue weighted by Crippen LogP contribution is -2.36. The highest BCUT2D eigenvalue weighted by Crippen LogP contribution is 2.45. The molecule has 0 saturated carbocycles. The first kappa shape index (κ1) is 23.1. The van der Waals surface area contributed by atoms with Gasteiger partial charge in [0.1, 0.15) is 12.0 Å². The second-order valence-electron chi connectivity index (χ2n) is 8.11. The van der Waals surface area contributed by atoms with E-state index in [4.69, 9.17) is 27.9 Å². The number of rotatable bonds is 2. The summed E-state index contributed by atoms with van der Waals surface area (Å²) >= 11 is 12.2. The van der Waals surface area contributed by atoms with Gasteiger partial charge in [0.05, 0.1) is 46.8 Å². The summed E-state index contributed by atoms with van der Waals surface area (Å²) < 4.78 is 48.3. The van der Waals surface area contributed by atoms with Crippen LogP contribution in [-0.4, -0.2) is 70.0 Å². The van der Waals surface area contributed by atoms with Gasteiger partial charge in [-0.3, -0.25) is 9.88 Å². The lowest BCUT2D eigenvalue weighted by molar-refractivity contribution is -0.147. The summed E-state index contributed by atoms with van der Waals surface area (Å²) in [5.74, 6) is -1.96. The molecule has 2 atom stereocenters. The fraction of sp³-hybridized carbons (Fsp3) is 0.400. The molecule has 5 rings (SSSR count). The molecule has 2 aliphatic heterocycles. The first-order valence-electron chi connectivity index (χ1n) is 10.3. The van der Waals surface area contributed by atoms with E-state index >= 15 is 0 Å². The Morgan fingerprint density at radius 3 is 2.71 bits per heavy atom. The van der Waals surface area contributed by atoms with Gasteiger partial charge in [-0.1, -0.05) is 23.2 Å². The number of ether oxygens (including phenoxy) is 1. The van der Waals surface area contributed by atoms with Gasteiger partial charge < -0.3 is 15.0 Å². The second kappa shape index (κ2) is 8.52. The third-order valence-corrected chi connectivity index (χ3v) is 6.28. The Morgan fingerprint density at radius 1 is 1.21 bits per heavy atom. The molecule has 2 amide bonds. The number of morpholine rings is 1. The quantitative estimate of drug-likeness (QED) is 0.552. The van der Waals surface area contributed by atoms with Crippen molar-refractivity contribution in [3.05, 3.63) is 46.1 Å². The predicted octanol–water partition coefficient (Wildman–Crippen LogP) is 4.13. The maximum absolute atomic E-state index is 13.8. The summed E-state index contributed by atoms with van der Waals surface area (Å²) in [4.78, 5) is 24.5. The van der Waals surface area contributed by atoms with Crippen LogP contribution in [0.15, 0.2) is 24.5 Å². The highest BCUT2D eigenvalue weighted by Gasteiger charge is 2.50. The zero-order valence-electron chi connectivity index (χ0n) is 17.7. The molecule has 180 valence electrons. The Morgan fingerprint density at radius 2 is 2.00 bits per heavy atom. The fourth-order valence-electron chi connectivity index (χ4n) is 4.15. The van der Waals surface area contributed by atoms with Crippen molar-refractivity contribution in [3.63, 3.8) is 0 Å². The maximum atomic E-state index is 13.8. The zero-order valence-corrected chi connectivity index (χ0v) is 19.2. The average Bonchev–Trinajstić information content (AvgIpc) is 3.33. The number of fused-ring (bicyclic) bond motifs is 3. The Balaban J connectivity index is 1.41. The number of nitrogens with one attached hydrogen (secondary N) is 1. The van der Waals surface area contributed by atoms with Crippen LogP contribution in [0, 0.1) is 0 Å². The Bertz CT molecular complexity index is 1270. The minimum atomic E-state index is -4.61. The van der Waals surface area contributed by atoms with E-state index in [-0.39, 0.29) is 39.0 Å². The van der Waals surface area contributed by atoms with Crippen LogP contribution < -0.4 is 10.2 Å². The molecular weight excluding hydrogens is 498 g/mol. The second-order valence-corrected chi connectivity index (χ2v) is 8.91. The van der Waals surface area contributed by atoms with Gasteiger partial charge in [0, 0.05) is 25.7 Å². The molecule has 2 aliphatic rings. The fourth-order valence-corrected chi connectivity index (χ4v) is 4.62. The summed E-state index contributed by atoms with van der Waals surface area (Å²) in [6, 6.07) is 2.06. The molecule has 0 aromatic carbocycles. The number of pyridine rings is 1. The smallest absolute Gasteiger partial charge is 0.369 e. The molecule has 1 N–H and O–H groups in total. The van der Waals surface area contributed by atoms with E-state index in [1.165, 1.54) is 24.5 Å². The normalized spacial score (nSPS) is 21.2. The number of hydrogen-bond donors (Lipinski definition) is 1. The minimum Gasteiger partial charge on any atom is -0.369 e. The van der Waals surface area contributed by atoms with Gasteiger partial charge in [-0.15, -0.1) is 0 Å². The summed E-state index contributed by atoms with van der Waals surface area (Å²) in [7, 11) is 1.96. The largest absolute Gasteiger partial charge is 0.399 e. The molecule has 3 aromatic rings. The molecule has 1 fully saturated rings. The van der Waals surface area contributed by atoms with Crippen molar-refractivity contribution in [2.24, 2.45) is 0 Å². The van der Waals surface area contributed by atoms with Gasteiger partial charge in [0.15, 0.2) is 10.8 Å². The molecule has 0 radical (unpaired) electrons. The van der Waals surface area contributed by atoms with Crippen LogP contribution in [0.4, 0.5) is 29.3 Å². The van der Waals surface area contributed by atoms with Crippen molar-refractivity contribution in [1.82, 2.24) is 24.5 Å². The monoisotopic (exact) mass is 515 g/mol. The van der Waals surface area contributed by atoms with Crippen LogP contribution in [0.2, 0.25) is 10.2 Å². The molecule has 5 heterocycles. The molecule has 0 aliphatic carbocycles. The third kappa shape index (κ3) is 4.15. The number of amides is 2. The number of halogens is 5. The van der Waals surface area contributed by atoms with Crippen LogP contribution in [-0.2, 0) is 4.74 Å². The molecule has 34 heavy (non-hydrogen) atoms. The number of anilines is 2. The van der Waals surface area contributed by atoms with Crippen LogP contribution in [0.25, 0.3) is 5.65 Å². The van der Waals surface area contributed by atoms with Gasteiger partial charge in [0.25, 0.3) is 0 Å². The number of aromatic nitrogens is 4. The van der Waals surface area contributed by atoms with Crippen LogP contribution in [0.3, 0.4) is 0 Å². The summed E-state index contributed by atoms with van der Waals surface area (Å²) in [6.07, 6.45) is -2.33. The number of hydrogen-bond acceptors (Lipinski definition) is 6. The highest BCUT2D eigenvalue weighted by atomic mass is 35.5. The molecule has 3 aromatic heterocycles. The molecule has 0 bridgehead atoms. The summed E-state index contributed by atoms with van der Waals surface area (Å²) in [5.41, 5.74) is 0.696. The van der Waals surface area contributed by atoms with Crippen molar-refractivity contribution in [2.75, 3.05) is 43.5 Å². The molecule has 9 nitrogen and oxygen atoms in total. The molecule has 14 heteroatoms. The summed E-state index contributed by atoms with van der Waals surface area (Å²) in [6.45, 7) is 1.31. The van der Waals surface area contributed by atoms with E-state index in [1.807, 2.05) is 7.05 Å². The maximum Gasteiger partial charge on any atom is 0.399 e. The first-order chi connectivity index (χ1) is 16.1. The molecular formula is C20H18Cl2F3N7O2. The number of carbonyl (C=O) groups excluding carboxylic acids is 1. The number of nitrogens with zero attached hydrogens (tertiary/aromatic N) is 6. The van der Waals surface area contributed by atoms with Crippen molar-refractivity contribution in [3.8, 4) is 0 Å². The minimum absolute atomic E-state index is 0.00123. The van der Waals surface area contributed by atoms with Gasteiger partial charge in [-0.05, 0) is 13.1 Å². The third-order valence-electron chi connectivity index (χ3n) is 5.79. The Hall–Kier alpha value is -2.67. The number of likely N-dealkylation sites (N-methyl/N-ethyl adjacent to an activating group) is 1. The molecule has 2 unspecified atom stereocenters. The number of carbonyl (C=O) groups is 1. The van der Waals surface area contributed by atoms with Crippen molar-refractivity contribution < 1.29 is 22.7 Å². The standard InChI is InChI=1S/C20H18Cl2F3N7O2/c1-30-2-3-34-14(9-30)17-12(21)4-10(6-27-17)28-19(33)31-8-11(20(23,24)25)18-13(31)7-26-16-5-15(22)29-32(16)18/h4-7,11,14H,2-3,8-9H2,1H3,(H,28,33). The van der Waals surface area contributed by atoms with Crippen molar-refractivity contribution in [1.29, 1.82) is 0 Å². The highest BCUT2D eigenvalue weighted by molar-refractivity contribution is 6.31. The lowest BCUT2D eigenvalue weighted by Gasteiger charge is -2.30. The number of urea groups is 1. The van der Waals surface area contributed by atoms with Gasteiger partial charge in [0.2, 0.25) is 0 Å². The zero-order chi connectivity index (χ0) is 24.2. The number of alkyl halides is 3. The molecule has 1 saturated heterocycles. The first-order valence-corrected chi connectivity index (χ1v) is 11.0. The SMILES string of the molecule is CN1CCOC(c2ncc(NC(=O)N3CC(C(F)(F)F)c4c3cnc3cc(Cl)nn43)cc2Cl)C1. The van der Waals surface area contributed by atoms with E-state index in [2.05, 4.69) is 25.3 Å². The Kier molecular flexibility index (Phi) is 5.79. The molecule has 0 spiro atoms. The van der Waals surface area contributed by atoms with Gasteiger partial charge in [-0.2, -0.15) is 18.3 Å². The lowest BCUT2D eigenvalue weighted by atomic mass is 10.1.